The molecule has 1 fully saturated rings. The third-order valence-corrected chi connectivity index (χ3v) is 4.98. The summed E-state index contributed by atoms with van der Waals surface area (Å²) in [5.41, 5.74) is 0.832. The number of carbonyl (C=O) groups is 3. The summed E-state index contributed by atoms with van der Waals surface area (Å²) in [5.74, 6) is -1.45. The Bertz CT molecular complexity index is 623. The summed E-state index contributed by atoms with van der Waals surface area (Å²) in [6.07, 6.45) is 1.49. The lowest BCUT2D eigenvalue weighted by molar-refractivity contribution is -0.144. The van der Waals surface area contributed by atoms with Crippen LogP contribution in [0.15, 0.2) is 30.3 Å². The lowest BCUT2D eigenvalue weighted by atomic mass is 10.1. The van der Waals surface area contributed by atoms with Crippen LogP contribution in [0.4, 0.5) is 0 Å². The highest BCUT2D eigenvalue weighted by Gasteiger charge is 2.37. The number of nitrogens with zero attached hydrogens (tertiary/aromatic N) is 1. The monoisotopic (exact) mass is 364 g/mol. The van der Waals surface area contributed by atoms with Crippen molar-refractivity contribution in [2.24, 2.45) is 5.92 Å². The van der Waals surface area contributed by atoms with Gasteiger partial charge in [-0.2, -0.15) is 12.6 Å². The molecule has 0 bridgehead atoms. The van der Waals surface area contributed by atoms with Gasteiger partial charge in [-0.05, 0) is 18.4 Å². The van der Waals surface area contributed by atoms with Crippen molar-refractivity contribution in [3.05, 3.63) is 35.9 Å². The van der Waals surface area contributed by atoms with Gasteiger partial charge >= 0.3 is 5.97 Å². The molecular formula is C18H24N2O4S. The van der Waals surface area contributed by atoms with Crippen LogP contribution in [0.1, 0.15) is 25.3 Å². The van der Waals surface area contributed by atoms with Crippen molar-refractivity contribution in [1.82, 2.24) is 10.2 Å². The molecule has 1 aliphatic rings. The van der Waals surface area contributed by atoms with E-state index in [2.05, 4.69) is 17.9 Å². The van der Waals surface area contributed by atoms with Gasteiger partial charge in [-0.15, -0.1) is 0 Å². The summed E-state index contributed by atoms with van der Waals surface area (Å²) < 4.78 is 0. The minimum atomic E-state index is -1.09. The molecule has 0 saturated carbocycles. The third-order valence-electron chi connectivity index (χ3n) is 4.43. The second-order valence-electron chi connectivity index (χ2n) is 6.36. The van der Waals surface area contributed by atoms with Crippen LogP contribution in [0.3, 0.4) is 0 Å². The van der Waals surface area contributed by atoms with Crippen LogP contribution in [-0.4, -0.2) is 52.2 Å². The zero-order valence-electron chi connectivity index (χ0n) is 14.2. The van der Waals surface area contributed by atoms with E-state index in [1.165, 1.54) is 0 Å². The summed E-state index contributed by atoms with van der Waals surface area (Å²) in [6.45, 7) is 2.30. The maximum absolute atomic E-state index is 12.6. The Kier molecular flexibility index (Phi) is 6.87. The lowest BCUT2D eigenvalue weighted by Crippen LogP contribution is -2.52. The van der Waals surface area contributed by atoms with Gasteiger partial charge in [-0.25, -0.2) is 4.79 Å². The summed E-state index contributed by atoms with van der Waals surface area (Å²) in [4.78, 5) is 38.0. The molecule has 7 heteroatoms. The molecule has 2 N–H and O–H groups in total. The molecule has 0 spiro atoms. The van der Waals surface area contributed by atoms with Crippen LogP contribution in [0.5, 0.6) is 0 Å². The number of carbonyl (C=O) groups excluding carboxylic acids is 2. The van der Waals surface area contributed by atoms with Gasteiger partial charge in [0, 0.05) is 24.6 Å². The Morgan fingerprint density at radius 2 is 2.00 bits per heavy atom. The highest BCUT2D eigenvalue weighted by molar-refractivity contribution is 7.80. The molecule has 1 heterocycles. The summed E-state index contributed by atoms with van der Waals surface area (Å²) in [6, 6.07) is 7.52. The molecule has 1 aliphatic heterocycles. The second-order valence-corrected chi connectivity index (χ2v) is 6.73. The summed E-state index contributed by atoms with van der Waals surface area (Å²) in [7, 11) is 0. The van der Waals surface area contributed by atoms with Gasteiger partial charge in [0.1, 0.15) is 12.1 Å². The smallest absolute Gasteiger partial charge is 0.326 e. The van der Waals surface area contributed by atoms with E-state index in [-0.39, 0.29) is 18.2 Å². The number of carboxylic acid groups (broad SMARTS) is 1. The van der Waals surface area contributed by atoms with Gasteiger partial charge < -0.3 is 15.3 Å². The minimum absolute atomic E-state index is 0.109. The predicted octanol–water partition coefficient (Wildman–Crippen LogP) is 1.36. The Hall–Kier alpha value is -2.02. The van der Waals surface area contributed by atoms with Crippen molar-refractivity contribution in [1.29, 1.82) is 0 Å². The van der Waals surface area contributed by atoms with Crippen molar-refractivity contribution < 1.29 is 19.5 Å². The first-order chi connectivity index (χ1) is 11.9. The summed E-state index contributed by atoms with van der Waals surface area (Å²) >= 11 is 4.14. The number of likely N-dealkylation sites (tertiary alicyclic amines) is 1. The van der Waals surface area contributed by atoms with Crippen LogP contribution in [0.2, 0.25) is 0 Å². The first kappa shape index (κ1) is 19.3. The zero-order valence-corrected chi connectivity index (χ0v) is 15.1. The Balaban J connectivity index is 2.04. The maximum atomic E-state index is 12.6. The maximum Gasteiger partial charge on any atom is 0.326 e. The lowest BCUT2D eigenvalue weighted by Gasteiger charge is -2.27. The number of nitrogens with one attached hydrogen (secondary N) is 1. The fourth-order valence-electron chi connectivity index (χ4n) is 2.98. The Morgan fingerprint density at radius 3 is 2.60 bits per heavy atom. The average Bonchev–Trinajstić information content (AvgIpc) is 3.10. The Morgan fingerprint density at radius 1 is 1.32 bits per heavy atom. The van der Waals surface area contributed by atoms with E-state index in [9.17, 15) is 19.5 Å². The normalized spacial score (nSPS) is 19.3. The summed E-state index contributed by atoms with van der Waals surface area (Å²) in [5, 5.41) is 12.0. The van der Waals surface area contributed by atoms with Gasteiger partial charge in [0.15, 0.2) is 0 Å². The van der Waals surface area contributed by atoms with Gasteiger partial charge in [-0.3, -0.25) is 9.59 Å². The van der Waals surface area contributed by atoms with Crippen LogP contribution in [0, 0.1) is 5.92 Å². The minimum Gasteiger partial charge on any atom is -0.480 e. The van der Waals surface area contributed by atoms with Crippen molar-refractivity contribution >= 4 is 30.4 Å². The molecule has 2 rings (SSSR count). The molecule has 0 aliphatic carbocycles. The van der Waals surface area contributed by atoms with E-state index in [0.29, 0.717) is 18.7 Å². The quantitative estimate of drug-likeness (QED) is 0.638. The molecule has 1 aromatic carbocycles. The number of hydrogen-bond acceptors (Lipinski definition) is 4. The number of amides is 2. The molecule has 3 atom stereocenters. The number of thiol groups is 1. The van der Waals surface area contributed by atoms with Crippen molar-refractivity contribution in [3.63, 3.8) is 0 Å². The molecule has 0 radical (unpaired) electrons. The molecule has 1 saturated heterocycles. The standard InChI is InChI=1S/C18H24N2O4S/c1-12(11-25)17(22)20-9-5-8-15(20)16(21)19-14(18(23)24)10-13-6-3-2-4-7-13/h2-4,6-7,12,14-15,25H,5,8-11H2,1H3,(H,19,21)(H,23,24)/t12-,14+,15+/m1/s1. The van der Waals surface area contributed by atoms with Gasteiger partial charge in [0.05, 0.1) is 0 Å². The van der Waals surface area contributed by atoms with Gasteiger partial charge in [0.2, 0.25) is 11.8 Å². The molecule has 0 unspecified atom stereocenters. The largest absolute Gasteiger partial charge is 0.480 e. The first-order valence-electron chi connectivity index (χ1n) is 8.42. The SMILES string of the molecule is C[C@H](CS)C(=O)N1CCC[C@H]1C(=O)N[C@@H](Cc1ccccc1)C(=O)O. The van der Waals surface area contributed by atoms with Crippen molar-refractivity contribution in [2.75, 3.05) is 12.3 Å². The predicted molar refractivity (Wildman–Crippen MR) is 97.5 cm³/mol. The topological polar surface area (TPSA) is 86.7 Å². The third kappa shape index (κ3) is 4.98. The number of carboxylic acids is 1. The van der Waals surface area contributed by atoms with Gasteiger partial charge in [0.25, 0.3) is 0 Å². The molecular weight excluding hydrogens is 340 g/mol. The zero-order chi connectivity index (χ0) is 18.4. The van der Waals surface area contributed by atoms with Crippen LogP contribution in [-0.2, 0) is 20.8 Å². The van der Waals surface area contributed by atoms with Crippen LogP contribution >= 0.6 is 12.6 Å². The van der Waals surface area contributed by atoms with E-state index in [1.54, 1.807) is 11.8 Å². The molecule has 0 aromatic heterocycles. The van der Waals surface area contributed by atoms with Crippen LogP contribution in [0.25, 0.3) is 0 Å². The first-order valence-corrected chi connectivity index (χ1v) is 9.05. The molecule has 136 valence electrons. The van der Waals surface area contributed by atoms with E-state index in [4.69, 9.17) is 0 Å². The van der Waals surface area contributed by atoms with Gasteiger partial charge in [-0.1, -0.05) is 37.3 Å². The highest BCUT2D eigenvalue weighted by Crippen LogP contribution is 2.21. The number of benzene rings is 1. The molecule has 2 amide bonds. The highest BCUT2D eigenvalue weighted by atomic mass is 32.1. The van der Waals surface area contributed by atoms with Crippen molar-refractivity contribution in [2.45, 2.75) is 38.3 Å². The van der Waals surface area contributed by atoms with Crippen LogP contribution < -0.4 is 5.32 Å². The number of aliphatic carboxylic acids is 1. The van der Waals surface area contributed by atoms with E-state index in [0.717, 1.165) is 12.0 Å². The Labute approximate surface area is 153 Å². The van der Waals surface area contributed by atoms with E-state index >= 15 is 0 Å². The fraction of sp³-hybridized carbons (Fsp3) is 0.500. The number of rotatable bonds is 7. The molecule has 25 heavy (non-hydrogen) atoms. The molecule has 6 nitrogen and oxygen atoms in total. The van der Waals surface area contributed by atoms with E-state index in [1.807, 2.05) is 30.3 Å². The number of hydrogen-bond donors (Lipinski definition) is 3. The molecule has 1 aromatic rings. The second kappa shape index (κ2) is 8.89. The fourth-order valence-corrected chi connectivity index (χ4v) is 3.14. The average molecular weight is 364 g/mol. The van der Waals surface area contributed by atoms with E-state index < -0.39 is 24.0 Å². The van der Waals surface area contributed by atoms with Crippen molar-refractivity contribution in [3.8, 4) is 0 Å².